The number of hydrogen-bond acceptors (Lipinski definition) is 3. The molecule has 1 unspecified atom stereocenters. The molecule has 3 rings (SSSR count). The summed E-state index contributed by atoms with van der Waals surface area (Å²) < 4.78 is 0. The zero-order valence-corrected chi connectivity index (χ0v) is 10.3. The van der Waals surface area contributed by atoms with E-state index < -0.39 is 0 Å². The first-order valence-electron chi connectivity index (χ1n) is 6.78. The summed E-state index contributed by atoms with van der Waals surface area (Å²) in [5, 5.41) is 3.66. The minimum Gasteiger partial charge on any atom is -0.312 e. The summed E-state index contributed by atoms with van der Waals surface area (Å²) in [4.78, 5) is 6.69. The third-order valence-corrected chi connectivity index (χ3v) is 3.85. The van der Waals surface area contributed by atoms with Crippen molar-refractivity contribution in [2.24, 2.45) is 0 Å². The fourth-order valence-corrected chi connectivity index (χ4v) is 2.65. The van der Waals surface area contributed by atoms with Gasteiger partial charge in [-0.2, -0.15) is 0 Å². The van der Waals surface area contributed by atoms with Gasteiger partial charge in [-0.1, -0.05) is 0 Å². The highest BCUT2D eigenvalue weighted by Gasteiger charge is 2.27. The van der Waals surface area contributed by atoms with Crippen LogP contribution in [0.1, 0.15) is 31.2 Å². The van der Waals surface area contributed by atoms with Crippen LogP contribution in [0, 0.1) is 0 Å². The van der Waals surface area contributed by atoms with E-state index >= 15 is 0 Å². The van der Waals surface area contributed by atoms with Gasteiger partial charge in [-0.3, -0.25) is 9.88 Å². The molecule has 3 heteroatoms. The van der Waals surface area contributed by atoms with Gasteiger partial charge in [-0.05, 0) is 49.9 Å². The zero-order chi connectivity index (χ0) is 11.5. The van der Waals surface area contributed by atoms with Crippen molar-refractivity contribution in [3.05, 3.63) is 30.1 Å². The first kappa shape index (κ1) is 11.2. The number of hydrogen-bond donors (Lipinski definition) is 1. The molecule has 2 heterocycles. The molecule has 1 aromatic rings. The quantitative estimate of drug-likeness (QED) is 0.837. The summed E-state index contributed by atoms with van der Waals surface area (Å²) in [7, 11) is 0. The number of likely N-dealkylation sites (tertiary alicyclic amines) is 1. The Labute approximate surface area is 103 Å². The molecule has 2 aliphatic rings. The third kappa shape index (κ3) is 3.05. The van der Waals surface area contributed by atoms with E-state index in [1.165, 1.54) is 44.3 Å². The third-order valence-electron chi connectivity index (χ3n) is 3.85. The second-order valence-electron chi connectivity index (χ2n) is 5.30. The SMILES string of the molecule is c1cc(CN2CCCC2CNC2CC2)ccn1. The predicted molar refractivity (Wildman–Crippen MR) is 68.7 cm³/mol. The van der Waals surface area contributed by atoms with E-state index in [2.05, 4.69) is 27.3 Å². The van der Waals surface area contributed by atoms with Crippen LogP contribution in [0.5, 0.6) is 0 Å². The molecule has 0 bridgehead atoms. The van der Waals surface area contributed by atoms with Crippen LogP contribution in [0.25, 0.3) is 0 Å². The Morgan fingerprint density at radius 1 is 1.24 bits per heavy atom. The molecule has 1 N–H and O–H groups in total. The van der Waals surface area contributed by atoms with E-state index in [9.17, 15) is 0 Å². The number of rotatable bonds is 5. The Morgan fingerprint density at radius 2 is 2.06 bits per heavy atom. The number of nitrogens with zero attached hydrogens (tertiary/aromatic N) is 2. The van der Waals surface area contributed by atoms with Crippen LogP contribution in [0.15, 0.2) is 24.5 Å². The molecule has 1 aliphatic carbocycles. The van der Waals surface area contributed by atoms with Crippen molar-refractivity contribution in [1.29, 1.82) is 0 Å². The number of nitrogens with one attached hydrogen (secondary N) is 1. The van der Waals surface area contributed by atoms with Crippen molar-refractivity contribution in [2.45, 2.75) is 44.3 Å². The van der Waals surface area contributed by atoms with Gasteiger partial charge in [0.2, 0.25) is 0 Å². The lowest BCUT2D eigenvalue weighted by atomic mass is 10.2. The van der Waals surface area contributed by atoms with Crippen LogP contribution in [-0.2, 0) is 6.54 Å². The molecule has 1 aliphatic heterocycles. The van der Waals surface area contributed by atoms with E-state index in [1.54, 1.807) is 0 Å². The Bertz CT molecular complexity index is 348. The monoisotopic (exact) mass is 231 g/mol. The summed E-state index contributed by atoms with van der Waals surface area (Å²) in [6, 6.07) is 5.83. The fourth-order valence-electron chi connectivity index (χ4n) is 2.65. The summed E-state index contributed by atoms with van der Waals surface area (Å²) in [5.74, 6) is 0. The highest BCUT2D eigenvalue weighted by atomic mass is 15.2. The number of aromatic nitrogens is 1. The van der Waals surface area contributed by atoms with Gasteiger partial charge in [0.25, 0.3) is 0 Å². The van der Waals surface area contributed by atoms with Crippen LogP contribution < -0.4 is 5.32 Å². The van der Waals surface area contributed by atoms with E-state index in [4.69, 9.17) is 0 Å². The summed E-state index contributed by atoms with van der Waals surface area (Å²) >= 11 is 0. The standard InChI is InChI=1S/C14H21N3/c1-2-14(10-16-13-3-4-13)17(9-1)11-12-5-7-15-8-6-12/h5-8,13-14,16H,1-4,9-11H2. The molecule has 1 atom stereocenters. The Balaban J connectivity index is 1.53. The molecule has 3 nitrogen and oxygen atoms in total. The van der Waals surface area contributed by atoms with Gasteiger partial charge in [0.05, 0.1) is 0 Å². The molecule has 0 radical (unpaired) electrons. The highest BCUT2D eigenvalue weighted by Crippen LogP contribution is 2.22. The highest BCUT2D eigenvalue weighted by molar-refractivity contribution is 5.10. The topological polar surface area (TPSA) is 28.2 Å². The molecular weight excluding hydrogens is 210 g/mol. The lowest BCUT2D eigenvalue weighted by Crippen LogP contribution is -2.38. The molecule has 17 heavy (non-hydrogen) atoms. The molecule has 0 spiro atoms. The molecular formula is C14H21N3. The van der Waals surface area contributed by atoms with Crippen LogP contribution in [0.2, 0.25) is 0 Å². The zero-order valence-electron chi connectivity index (χ0n) is 10.3. The first-order chi connectivity index (χ1) is 8.42. The van der Waals surface area contributed by atoms with Crippen molar-refractivity contribution in [3.63, 3.8) is 0 Å². The maximum atomic E-state index is 4.08. The lowest BCUT2D eigenvalue weighted by Gasteiger charge is -2.24. The van der Waals surface area contributed by atoms with Gasteiger partial charge < -0.3 is 5.32 Å². The molecule has 1 saturated carbocycles. The molecule has 0 amide bonds. The maximum Gasteiger partial charge on any atom is 0.0271 e. The average Bonchev–Trinajstić information content (AvgIpc) is 3.09. The van der Waals surface area contributed by atoms with Crippen molar-refractivity contribution in [3.8, 4) is 0 Å². The minimum atomic E-state index is 0.740. The van der Waals surface area contributed by atoms with E-state index in [0.29, 0.717) is 0 Å². The van der Waals surface area contributed by atoms with E-state index in [0.717, 1.165) is 18.6 Å². The summed E-state index contributed by atoms with van der Waals surface area (Å²) in [6.07, 6.45) is 9.26. The Kier molecular flexibility index (Phi) is 3.39. The Morgan fingerprint density at radius 3 is 2.82 bits per heavy atom. The fraction of sp³-hybridized carbons (Fsp3) is 0.643. The lowest BCUT2D eigenvalue weighted by molar-refractivity contribution is 0.239. The van der Waals surface area contributed by atoms with Crippen molar-refractivity contribution >= 4 is 0 Å². The molecule has 0 aromatic carbocycles. The molecule has 1 aromatic heterocycles. The van der Waals surface area contributed by atoms with Gasteiger partial charge in [0, 0.05) is 37.6 Å². The van der Waals surface area contributed by atoms with Crippen LogP contribution in [0.4, 0.5) is 0 Å². The average molecular weight is 231 g/mol. The van der Waals surface area contributed by atoms with E-state index in [-0.39, 0.29) is 0 Å². The van der Waals surface area contributed by atoms with Crippen LogP contribution in [-0.4, -0.2) is 35.1 Å². The van der Waals surface area contributed by atoms with Gasteiger partial charge in [0.1, 0.15) is 0 Å². The molecule has 1 saturated heterocycles. The largest absolute Gasteiger partial charge is 0.312 e. The minimum absolute atomic E-state index is 0.740. The second-order valence-corrected chi connectivity index (χ2v) is 5.30. The summed E-state index contributed by atoms with van der Waals surface area (Å²) in [6.45, 7) is 3.51. The van der Waals surface area contributed by atoms with Gasteiger partial charge in [0.15, 0.2) is 0 Å². The second kappa shape index (κ2) is 5.15. The van der Waals surface area contributed by atoms with Crippen molar-refractivity contribution in [1.82, 2.24) is 15.2 Å². The van der Waals surface area contributed by atoms with Crippen LogP contribution in [0.3, 0.4) is 0 Å². The van der Waals surface area contributed by atoms with Crippen LogP contribution >= 0.6 is 0 Å². The van der Waals surface area contributed by atoms with Gasteiger partial charge in [-0.25, -0.2) is 0 Å². The molecule has 92 valence electrons. The van der Waals surface area contributed by atoms with Gasteiger partial charge in [-0.15, -0.1) is 0 Å². The first-order valence-corrected chi connectivity index (χ1v) is 6.78. The van der Waals surface area contributed by atoms with E-state index in [1.807, 2.05) is 12.4 Å². The van der Waals surface area contributed by atoms with Crippen molar-refractivity contribution < 1.29 is 0 Å². The van der Waals surface area contributed by atoms with Gasteiger partial charge >= 0.3 is 0 Å². The normalized spacial score (nSPS) is 25.3. The number of pyridine rings is 1. The predicted octanol–water partition coefficient (Wildman–Crippen LogP) is 1.80. The summed E-state index contributed by atoms with van der Waals surface area (Å²) in [5.41, 5.74) is 1.39. The maximum absolute atomic E-state index is 4.08. The van der Waals surface area contributed by atoms with Crippen molar-refractivity contribution in [2.75, 3.05) is 13.1 Å². The molecule has 2 fully saturated rings. The Hall–Kier alpha value is -0.930. The smallest absolute Gasteiger partial charge is 0.0271 e.